The summed E-state index contributed by atoms with van der Waals surface area (Å²) >= 11 is 0. The van der Waals surface area contributed by atoms with Gasteiger partial charge in [0.05, 0.1) is 19.3 Å². The Labute approximate surface area is 205 Å². The van der Waals surface area contributed by atoms with Gasteiger partial charge in [0.2, 0.25) is 15.9 Å². The summed E-state index contributed by atoms with van der Waals surface area (Å²) < 4.78 is 35.3. The molecule has 1 N–H and O–H groups in total. The summed E-state index contributed by atoms with van der Waals surface area (Å²) in [5.74, 6) is -0.130. The molecule has 0 bridgehead atoms. The van der Waals surface area contributed by atoms with E-state index < -0.39 is 15.9 Å². The predicted octanol–water partition coefficient (Wildman–Crippen LogP) is 3.55. The molecule has 0 saturated carbocycles. The Morgan fingerprint density at radius 3 is 2.63 bits per heavy atom. The quantitative estimate of drug-likeness (QED) is 0.455. The van der Waals surface area contributed by atoms with Crippen molar-refractivity contribution in [2.24, 2.45) is 0 Å². The fraction of sp³-hybridized carbons (Fsp3) is 0.320. The SMILES string of the molecule is CCOc1ccc(NC(=O)/C=C/c2cn(Cc3ccccc3)nn2)cc1S(=O)(=O)N1CCCCC1. The van der Waals surface area contributed by atoms with Crippen molar-refractivity contribution >= 4 is 27.7 Å². The largest absolute Gasteiger partial charge is 0.492 e. The standard InChI is InChI=1S/C25H29N5O4S/c1-2-34-23-13-11-21(17-24(23)35(32,33)30-15-7-4-8-16-30)26-25(31)14-12-22-19-29(28-27-22)18-20-9-5-3-6-10-20/h3,5-6,9-14,17,19H,2,4,7-8,15-16,18H2,1H3,(H,26,31)/b14-12+. The molecule has 184 valence electrons. The van der Waals surface area contributed by atoms with Crippen LogP contribution >= 0.6 is 0 Å². The van der Waals surface area contributed by atoms with Gasteiger partial charge >= 0.3 is 0 Å². The molecule has 0 aliphatic carbocycles. The minimum absolute atomic E-state index is 0.0619. The van der Waals surface area contributed by atoms with Gasteiger partial charge in [0.1, 0.15) is 16.3 Å². The molecule has 0 spiro atoms. The van der Waals surface area contributed by atoms with Gasteiger partial charge in [-0.2, -0.15) is 4.31 Å². The van der Waals surface area contributed by atoms with Crippen molar-refractivity contribution in [3.8, 4) is 5.75 Å². The Morgan fingerprint density at radius 2 is 1.89 bits per heavy atom. The third kappa shape index (κ3) is 6.34. The number of nitrogens with zero attached hydrogens (tertiary/aromatic N) is 4. The zero-order chi connectivity index (χ0) is 24.7. The van der Waals surface area contributed by atoms with Crippen molar-refractivity contribution in [1.82, 2.24) is 19.3 Å². The van der Waals surface area contributed by atoms with E-state index in [1.54, 1.807) is 36.0 Å². The maximum atomic E-state index is 13.3. The number of hydrogen-bond donors (Lipinski definition) is 1. The Hall–Kier alpha value is -3.50. The maximum Gasteiger partial charge on any atom is 0.248 e. The molecule has 3 aromatic rings. The van der Waals surface area contributed by atoms with Crippen LogP contribution in [-0.4, -0.2) is 53.3 Å². The lowest BCUT2D eigenvalue weighted by molar-refractivity contribution is -0.111. The fourth-order valence-electron chi connectivity index (χ4n) is 3.89. The highest BCUT2D eigenvalue weighted by atomic mass is 32.2. The molecule has 1 saturated heterocycles. The van der Waals surface area contributed by atoms with Crippen molar-refractivity contribution in [3.05, 3.63) is 72.1 Å². The van der Waals surface area contributed by atoms with Crippen LogP contribution in [0.5, 0.6) is 5.75 Å². The molecule has 1 aromatic heterocycles. The number of carbonyl (C=O) groups excluding carboxylic acids is 1. The number of sulfonamides is 1. The molecule has 9 nitrogen and oxygen atoms in total. The van der Waals surface area contributed by atoms with Gasteiger partial charge in [0, 0.05) is 24.9 Å². The summed E-state index contributed by atoms with van der Waals surface area (Å²) in [6.07, 6.45) is 7.33. The van der Waals surface area contributed by atoms with E-state index in [2.05, 4.69) is 15.6 Å². The van der Waals surface area contributed by atoms with Crippen LogP contribution in [-0.2, 0) is 21.4 Å². The molecular formula is C25H29N5O4S. The van der Waals surface area contributed by atoms with Gasteiger partial charge in [-0.15, -0.1) is 5.10 Å². The van der Waals surface area contributed by atoms with Crippen LogP contribution in [0, 0.1) is 0 Å². The van der Waals surface area contributed by atoms with Crippen molar-refractivity contribution in [2.45, 2.75) is 37.6 Å². The summed E-state index contributed by atoms with van der Waals surface area (Å²) in [4.78, 5) is 12.6. The van der Waals surface area contributed by atoms with Crippen LogP contribution in [0.3, 0.4) is 0 Å². The summed E-state index contributed by atoms with van der Waals surface area (Å²) in [7, 11) is -3.73. The molecule has 1 aliphatic rings. The lowest BCUT2D eigenvalue weighted by Gasteiger charge is -2.26. The number of rotatable bonds is 9. The van der Waals surface area contributed by atoms with E-state index in [-0.39, 0.29) is 10.6 Å². The number of piperidine rings is 1. The first kappa shape index (κ1) is 24.6. The molecule has 35 heavy (non-hydrogen) atoms. The van der Waals surface area contributed by atoms with Crippen LogP contribution in [0.15, 0.2) is 65.7 Å². The van der Waals surface area contributed by atoms with Gasteiger partial charge in [-0.1, -0.05) is 42.0 Å². The topological polar surface area (TPSA) is 106 Å². The number of benzene rings is 2. The zero-order valence-corrected chi connectivity index (χ0v) is 20.4. The highest BCUT2D eigenvalue weighted by molar-refractivity contribution is 7.89. The Bertz CT molecular complexity index is 1280. The normalized spacial score (nSPS) is 14.8. The van der Waals surface area contributed by atoms with E-state index in [9.17, 15) is 13.2 Å². The predicted molar refractivity (Wildman–Crippen MR) is 133 cm³/mol. The number of carbonyl (C=O) groups is 1. The van der Waals surface area contributed by atoms with E-state index in [0.29, 0.717) is 37.6 Å². The van der Waals surface area contributed by atoms with Crippen molar-refractivity contribution in [3.63, 3.8) is 0 Å². The molecule has 2 aromatic carbocycles. The monoisotopic (exact) mass is 495 g/mol. The van der Waals surface area contributed by atoms with E-state index >= 15 is 0 Å². The minimum atomic E-state index is -3.73. The molecule has 1 fully saturated rings. The van der Waals surface area contributed by atoms with Crippen LogP contribution in [0.2, 0.25) is 0 Å². The number of nitrogens with one attached hydrogen (secondary N) is 1. The average Bonchev–Trinajstić information content (AvgIpc) is 3.32. The molecule has 4 rings (SSSR count). The van der Waals surface area contributed by atoms with Crippen LogP contribution in [0.4, 0.5) is 5.69 Å². The Balaban J connectivity index is 1.45. The lowest BCUT2D eigenvalue weighted by atomic mass is 10.2. The smallest absolute Gasteiger partial charge is 0.248 e. The number of amides is 1. The first-order chi connectivity index (χ1) is 17.0. The van der Waals surface area contributed by atoms with Crippen molar-refractivity contribution in [1.29, 1.82) is 0 Å². The molecule has 0 unspecified atom stereocenters. The lowest BCUT2D eigenvalue weighted by Crippen LogP contribution is -2.35. The summed E-state index contributed by atoms with van der Waals surface area (Å²) in [5.41, 5.74) is 2.00. The van der Waals surface area contributed by atoms with Gasteiger partial charge in [-0.05, 0) is 49.6 Å². The summed E-state index contributed by atoms with van der Waals surface area (Å²) in [6.45, 7) is 3.68. The van der Waals surface area contributed by atoms with E-state index in [1.165, 1.54) is 16.4 Å². The molecule has 1 aliphatic heterocycles. The molecule has 1 amide bonds. The number of hydrogen-bond acceptors (Lipinski definition) is 6. The average molecular weight is 496 g/mol. The first-order valence-corrected chi connectivity index (χ1v) is 13.1. The van der Waals surface area contributed by atoms with Gasteiger partial charge in [-0.3, -0.25) is 4.79 Å². The summed E-state index contributed by atoms with van der Waals surface area (Å²) in [6, 6.07) is 14.5. The molecular weight excluding hydrogens is 466 g/mol. The second-order valence-corrected chi connectivity index (χ2v) is 10.1. The summed E-state index contributed by atoms with van der Waals surface area (Å²) in [5, 5.41) is 10.9. The van der Waals surface area contributed by atoms with Gasteiger partial charge < -0.3 is 10.1 Å². The minimum Gasteiger partial charge on any atom is -0.492 e. The molecule has 2 heterocycles. The van der Waals surface area contributed by atoms with Crippen LogP contribution in [0.25, 0.3) is 6.08 Å². The van der Waals surface area contributed by atoms with Crippen LogP contribution in [0.1, 0.15) is 37.4 Å². The highest BCUT2D eigenvalue weighted by Gasteiger charge is 2.29. The number of anilines is 1. The Morgan fingerprint density at radius 1 is 1.11 bits per heavy atom. The van der Waals surface area contributed by atoms with Gasteiger partial charge in [-0.25, -0.2) is 13.1 Å². The van der Waals surface area contributed by atoms with E-state index in [1.807, 2.05) is 30.3 Å². The highest BCUT2D eigenvalue weighted by Crippen LogP contribution is 2.31. The van der Waals surface area contributed by atoms with Gasteiger partial charge in [0.15, 0.2) is 0 Å². The number of ether oxygens (including phenoxy) is 1. The molecule has 0 radical (unpaired) electrons. The Kier molecular flexibility index (Phi) is 7.94. The second-order valence-electron chi connectivity index (χ2n) is 8.21. The van der Waals surface area contributed by atoms with Gasteiger partial charge in [0.25, 0.3) is 0 Å². The third-order valence-corrected chi connectivity index (χ3v) is 7.51. The fourth-order valence-corrected chi connectivity index (χ4v) is 5.56. The zero-order valence-electron chi connectivity index (χ0n) is 19.6. The number of aromatic nitrogens is 3. The van der Waals surface area contributed by atoms with Crippen LogP contribution < -0.4 is 10.1 Å². The first-order valence-electron chi connectivity index (χ1n) is 11.7. The second kappa shape index (κ2) is 11.3. The molecule has 0 atom stereocenters. The van der Waals surface area contributed by atoms with E-state index in [0.717, 1.165) is 24.8 Å². The van der Waals surface area contributed by atoms with E-state index in [4.69, 9.17) is 4.74 Å². The third-order valence-electron chi connectivity index (χ3n) is 5.59. The van der Waals surface area contributed by atoms with Crippen molar-refractivity contribution < 1.29 is 17.9 Å². The molecule has 10 heteroatoms. The maximum absolute atomic E-state index is 13.3. The van der Waals surface area contributed by atoms with Crippen molar-refractivity contribution in [2.75, 3.05) is 25.0 Å².